The molecule has 0 saturated heterocycles. The number of rotatable bonds is 5. The van der Waals surface area contributed by atoms with E-state index in [2.05, 4.69) is 9.97 Å². The molecule has 94 valence electrons. The molecule has 1 aromatic carbocycles. The van der Waals surface area contributed by atoms with Crippen molar-refractivity contribution >= 4 is 5.97 Å². The Bertz CT molecular complexity index is 534. The molecule has 18 heavy (non-hydrogen) atoms. The van der Waals surface area contributed by atoms with Gasteiger partial charge in [-0.15, -0.1) is 0 Å². The van der Waals surface area contributed by atoms with E-state index in [1.807, 2.05) is 37.3 Å². The highest BCUT2D eigenvalue weighted by Gasteiger charge is 2.17. The minimum atomic E-state index is -1.02. The Hall–Kier alpha value is -2.14. The highest BCUT2D eigenvalue weighted by molar-refractivity contribution is 5.92. The van der Waals surface area contributed by atoms with E-state index in [4.69, 9.17) is 9.84 Å². The van der Waals surface area contributed by atoms with Crippen LogP contribution in [0.25, 0.3) is 11.3 Å². The molecular formula is C13H14N2O3. The first-order valence-electron chi connectivity index (χ1n) is 5.67. The van der Waals surface area contributed by atoms with E-state index in [1.165, 1.54) is 0 Å². The van der Waals surface area contributed by atoms with Gasteiger partial charge in [-0.05, 0) is 6.92 Å². The highest BCUT2D eigenvalue weighted by atomic mass is 16.5. The number of benzene rings is 1. The van der Waals surface area contributed by atoms with Gasteiger partial charge in [-0.25, -0.2) is 9.78 Å². The van der Waals surface area contributed by atoms with Crippen molar-refractivity contribution in [3.8, 4) is 11.3 Å². The predicted octanol–water partition coefficient (Wildman–Crippen LogP) is 2.31. The monoisotopic (exact) mass is 246 g/mol. The number of carbonyl (C=O) groups is 1. The Morgan fingerprint density at radius 3 is 2.72 bits per heavy atom. The van der Waals surface area contributed by atoms with E-state index in [9.17, 15) is 4.79 Å². The standard InChI is InChI=1S/C13H14N2O3/c1-2-18-8-10-14-11(12(15-10)13(16)17)9-6-4-3-5-7-9/h3-7H,2,8H2,1H3,(H,14,15)(H,16,17). The van der Waals surface area contributed by atoms with Crippen LogP contribution in [0.3, 0.4) is 0 Å². The van der Waals surface area contributed by atoms with Gasteiger partial charge in [-0.1, -0.05) is 30.3 Å². The van der Waals surface area contributed by atoms with Crippen LogP contribution in [0.2, 0.25) is 0 Å². The molecule has 5 heteroatoms. The average Bonchev–Trinajstić information content (AvgIpc) is 2.82. The fraction of sp³-hybridized carbons (Fsp3) is 0.231. The zero-order valence-corrected chi connectivity index (χ0v) is 10.0. The van der Waals surface area contributed by atoms with E-state index in [-0.39, 0.29) is 12.3 Å². The molecule has 2 aromatic rings. The summed E-state index contributed by atoms with van der Waals surface area (Å²) in [7, 11) is 0. The van der Waals surface area contributed by atoms with E-state index >= 15 is 0 Å². The Morgan fingerprint density at radius 2 is 2.11 bits per heavy atom. The van der Waals surface area contributed by atoms with Gasteiger partial charge in [-0.2, -0.15) is 0 Å². The van der Waals surface area contributed by atoms with Gasteiger partial charge < -0.3 is 14.8 Å². The summed E-state index contributed by atoms with van der Waals surface area (Å²) in [5.41, 5.74) is 1.31. The third kappa shape index (κ3) is 2.57. The third-order valence-corrected chi connectivity index (χ3v) is 2.46. The minimum Gasteiger partial charge on any atom is -0.477 e. The number of H-pyrrole nitrogens is 1. The van der Waals surface area contributed by atoms with Crippen molar-refractivity contribution < 1.29 is 14.6 Å². The van der Waals surface area contributed by atoms with Crippen molar-refractivity contribution in [2.45, 2.75) is 13.5 Å². The van der Waals surface area contributed by atoms with Gasteiger partial charge in [0.1, 0.15) is 18.1 Å². The van der Waals surface area contributed by atoms with Crippen molar-refractivity contribution in [3.63, 3.8) is 0 Å². The maximum atomic E-state index is 11.2. The third-order valence-electron chi connectivity index (χ3n) is 2.46. The van der Waals surface area contributed by atoms with Crippen molar-refractivity contribution in [1.82, 2.24) is 9.97 Å². The molecule has 0 fully saturated rings. The van der Waals surface area contributed by atoms with Gasteiger partial charge >= 0.3 is 5.97 Å². The zero-order chi connectivity index (χ0) is 13.0. The van der Waals surface area contributed by atoms with Gasteiger partial charge in [0.15, 0.2) is 5.69 Å². The molecule has 0 atom stereocenters. The SMILES string of the molecule is CCOCc1nc(-c2ccccc2)c(C(=O)O)[nH]1. The molecule has 2 rings (SSSR count). The van der Waals surface area contributed by atoms with Crippen LogP contribution in [0, 0.1) is 0 Å². The molecule has 5 nitrogen and oxygen atoms in total. The first kappa shape index (κ1) is 12.3. The van der Waals surface area contributed by atoms with Crippen molar-refractivity contribution in [2.24, 2.45) is 0 Å². The lowest BCUT2D eigenvalue weighted by atomic mass is 10.1. The van der Waals surface area contributed by atoms with Crippen LogP contribution < -0.4 is 0 Å². The van der Waals surface area contributed by atoms with Gasteiger partial charge in [0, 0.05) is 12.2 Å². The number of aromatic carboxylic acids is 1. The lowest BCUT2D eigenvalue weighted by Crippen LogP contribution is -1.99. The smallest absolute Gasteiger partial charge is 0.354 e. The number of imidazole rings is 1. The summed E-state index contributed by atoms with van der Waals surface area (Å²) in [5, 5.41) is 9.15. The molecule has 0 aliphatic rings. The summed E-state index contributed by atoms with van der Waals surface area (Å²) in [6, 6.07) is 9.22. The summed E-state index contributed by atoms with van der Waals surface area (Å²) < 4.78 is 5.22. The Balaban J connectivity index is 2.39. The number of nitrogens with one attached hydrogen (secondary N) is 1. The largest absolute Gasteiger partial charge is 0.477 e. The van der Waals surface area contributed by atoms with E-state index in [0.29, 0.717) is 18.1 Å². The second-order valence-corrected chi connectivity index (χ2v) is 3.72. The van der Waals surface area contributed by atoms with Gasteiger partial charge in [-0.3, -0.25) is 0 Å². The fourth-order valence-corrected chi connectivity index (χ4v) is 1.65. The minimum absolute atomic E-state index is 0.0934. The molecule has 2 N–H and O–H groups in total. The number of hydrogen-bond acceptors (Lipinski definition) is 3. The number of ether oxygens (including phenoxy) is 1. The molecule has 0 bridgehead atoms. The summed E-state index contributed by atoms with van der Waals surface area (Å²) in [6.07, 6.45) is 0. The molecule has 0 unspecified atom stereocenters. The van der Waals surface area contributed by atoms with Crippen LogP contribution in [-0.2, 0) is 11.3 Å². The van der Waals surface area contributed by atoms with Gasteiger partial charge in [0.05, 0.1) is 0 Å². The summed E-state index contributed by atoms with van der Waals surface area (Å²) in [6.45, 7) is 2.71. The molecular weight excluding hydrogens is 232 g/mol. The number of nitrogens with zero attached hydrogens (tertiary/aromatic N) is 1. The Kier molecular flexibility index (Phi) is 3.74. The van der Waals surface area contributed by atoms with Crippen LogP contribution in [0.4, 0.5) is 0 Å². The zero-order valence-electron chi connectivity index (χ0n) is 10.0. The quantitative estimate of drug-likeness (QED) is 0.848. The number of carboxylic acids is 1. The summed E-state index contributed by atoms with van der Waals surface area (Å²) in [4.78, 5) is 18.2. The van der Waals surface area contributed by atoms with Crippen LogP contribution >= 0.6 is 0 Å². The average molecular weight is 246 g/mol. The van der Waals surface area contributed by atoms with Crippen molar-refractivity contribution in [1.29, 1.82) is 0 Å². The Labute approximate surface area is 104 Å². The summed E-state index contributed by atoms with van der Waals surface area (Å²) >= 11 is 0. The highest BCUT2D eigenvalue weighted by Crippen LogP contribution is 2.21. The first-order chi connectivity index (χ1) is 8.72. The van der Waals surface area contributed by atoms with E-state index in [0.717, 1.165) is 5.56 Å². The lowest BCUT2D eigenvalue weighted by Gasteiger charge is -1.97. The molecule has 0 saturated carbocycles. The second-order valence-electron chi connectivity index (χ2n) is 3.72. The molecule has 0 amide bonds. The normalized spacial score (nSPS) is 10.5. The van der Waals surface area contributed by atoms with Crippen LogP contribution in [0.1, 0.15) is 23.2 Å². The first-order valence-corrected chi connectivity index (χ1v) is 5.67. The van der Waals surface area contributed by atoms with E-state index < -0.39 is 5.97 Å². The number of hydrogen-bond donors (Lipinski definition) is 2. The van der Waals surface area contributed by atoms with Crippen molar-refractivity contribution in [3.05, 3.63) is 41.9 Å². The van der Waals surface area contributed by atoms with Crippen LogP contribution in [-0.4, -0.2) is 27.7 Å². The Morgan fingerprint density at radius 1 is 1.39 bits per heavy atom. The molecule has 1 aromatic heterocycles. The molecule has 0 aliphatic heterocycles. The second kappa shape index (κ2) is 5.46. The maximum Gasteiger partial charge on any atom is 0.354 e. The number of aromatic nitrogens is 2. The predicted molar refractivity (Wildman–Crippen MR) is 66.3 cm³/mol. The molecule has 0 aliphatic carbocycles. The molecule has 0 radical (unpaired) electrons. The fourth-order valence-electron chi connectivity index (χ4n) is 1.65. The van der Waals surface area contributed by atoms with Crippen molar-refractivity contribution in [2.75, 3.05) is 6.61 Å². The van der Waals surface area contributed by atoms with Gasteiger partial charge in [0.2, 0.25) is 0 Å². The van der Waals surface area contributed by atoms with Crippen LogP contribution in [0.5, 0.6) is 0 Å². The maximum absolute atomic E-state index is 11.2. The lowest BCUT2D eigenvalue weighted by molar-refractivity contribution is 0.0691. The number of carboxylic acid groups (broad SMARTS) is 1. The van der Waals surface area contributed by atoms with Gasteiger partial charge in [0.25, 0.3) is 0 Å². The molecule has 1 heterocycles. The van der Waals surface area contributed by atoms with Crippen LogP contribution in [0.15, 0.2) is 30.3 Å². The topological polar surface area (TPSA) is 75.2 Å². The van der Waals surface area contributed by atoms with E-state index in [1.54, 1.807) is 0 Å². The summed E-state index contributed by atoms with van der Waals surface area (Å²) in [5.74, 6) is -0.503. The number of aromatic amines is 1. The molecule has 0 spiro atoms.